The fraction of sp³-hybridized carbons (Fsp3) is 0.0323. The topological polar surface area (TPSA) is 106 Å². The molecular weight excluding hydrogens is 642 g/mol. The smallest absolute Gasteiger partial charge is 0.355 e. The Balaban J connectivity index is 1.22. The van der Waals surface area contributed by atoms with Crippen LogP contribution in [0.2, 0.25) is 5.02 Å². The molecule has 0 radical (unpaired) electrons. The number of halogens is 2. The number of amides is 2. The zero-order valence-electron chi connectivity index (χ0n) is 21.9. The molecule has 8 nitrogen and oxygen atoms in total. The minimum atomic E-state index is -0.596. The number of methoxy groups -OCH3 is 1. The van der Waals surface area contributed by atoms with Crippen LogP contribution in [-0.4, -0.2) is 31.1 Å². The van der Waals surface area contributed by atoms with E-state index in [1.54, 1.807) is 73.8 Å². The molecule has 210 valence electrons. The molecule has 0 spiro atoms. The Morgan fingerprint density at radius 3 is 2.31 bits per heavy atom. The molecule has 4 aromatic carbocycles. The minimum absolute atomic E-state index is 0.242. The summed E-state index contributed by atoms with van der Waals surface area (Å²) in [5, 5.41) is 7.94. The SMILES string of the molecule is COc1ccc(C(=O)Nc2ccc(C(=O)N/N=C\c3cc(Br)ccc3OC(=O)c3sc4ccccc4c3Cl)cc2)cc1. The summed E-state index contributed by atoms with van der Waals surface area (Å²) < 4.78 is 12.4. The van der Waals surface area contributed by atoms with Crippen LogP contribution in [0.15, 0.2) is 101 Å². The van der Waals surface area contributed by atoms with E-state index in [9.17, 15) is 14.4 Å². The van der Waals surface area contributed by atoms with E-state index in [1.807, 2.05) is 24.3 Å². The van der Waals surface area contributed by atoms with Crippen LogP contribution in [-0.2, 0) is 0 Å². The number of fused-ring (bicyclic) bond motifs is 1. The molecule has 0 saturated carbocycles. The first-order valence-corrected chi connectivity index (χ1v) is 14.4. The lowest BCUT2D eigenvalue weighted by Crippen LogP contribution is -2.18. The van der Waals surface area contributed by atoms with Gasteiger partial charge in [-0.2, -0.15) is 5.10 Å². The van der Waals surface area contributed by atoms with Gasteiger partial charge in [-0.1, -0.05) is 45.7 Å². The molecular formula is C31H21BrClN3O5S. The van der Waals surface area contributed by atoms with Crippen LogP contribution in [0.5, 0.6) is 11.5 Å². The maximum absolute atomic E-state index is 13.0. The fourth-order valence-electron chi connectivity index (χ4n) is 3.88. The number of thiophene rings is 1. The van der Waals surface area contributed by atoms with Gasteiger partial charge in [-0.15, -0.1) is 11.3 Å². The first-order valence-electron chi connectivity index (χ1n) is 12.4. The zero-order chi connectivity index (χ0) is 29.6. The summed E-state index contributed by atoms with van der Waals surface area (Å²) in [6.07, 6.45) is 1.38. The Hall–Kier alpha value is -4.51. The van der Waals surface area contributed by atoms with Crippen LogP contribution in [0.1, 0.15) is 36.0 Å². The van der Waals surface area contributed by atoms with Crippen molar-refractivity contribution >= 4 is 78.6 Å². The number of anilines is 1. The number of rotatable bonds is 8. The lowest BCUT2D eigenvalue weighted by atomic mass is 10.1. The van der Waals surface area contributed by atoms with Gasteiger partial charge in [-0.05, 0) is 72.8 Å². The van der Waals surface area contributed by atoms with Crippen LogP contribution in [0.4, 0.5) is 5.69 Å². The van der Waals surface area contributed by atoms with Gasteiger partial charge in [0.1, 0.15) is 16.4 Å². The molecule has 5 aromatic rings. The van der Waals surface area contributed by atoms with E-state index in [0.29, 0.717) is 38.0 Å². The van der Waals surface area contributed by atoms with Crippen molar-refractivity contribution in [1.82, 2.24) is 5.43 Å². The van der Waals surface area contributed by atoms with Gasteiger partial charge in [-0.25, -0.2) is 10.2 Å². The number of ether oxygens (including phenoxy) is 2. The van der Waals surface area contributed by atoms with Gasteiger partial charge in [0.05, 0.1) is 18.3 Å². The van der Waals surface area contributed by atoms with E-state index < -0.39 is 11.9 Å². The number of benzene rings is 4. The minimum Gasteiger partial charge on any atom is -0.497 e. The number of carbonyl (C=O) groups excluding carboxylic acids is 3. The second-order valence-electron chi connectivity index (χ2n) is 8.77. The van der Waals surface area contributed by atoms with E-state index >= 15 is 0 Å². The van der Waals surface area contributed by atoms with Crippen LogP contribution in [0.3, 0.4) is 0 Å². The lowest BCUT2D eigenvalue weighted by Gasteiger charge is -2.08. The molecule has 0 aliphatic rings. The summed E-state index contributed by atoms with van der Waals surface area (Å²) in [5.41, 5.74) is 4.23. The summed E-state index contributed by atoms with van der Waals surface area (Å²) in [5.74, 6) is -0.462. The summed E-state index contributed by atoms with van der Waals surface area (Å²) >= 11 is 11.1. The normalized spacial score (nSPS) is 10.9. The Morgan fingerprint density at radius 2 is 1.60 bits per heavy atom. The highest BCUT2D eigenvalue weighted by molar-refractivity contribution is 9.10. The highest BCUT2D eigenvalue weighted by Crippen LogP contribution is 2.36. The van der Waals surface area contributed by atoms with Crippen LogP contribution in [0.25, 0.3) is 10.1 Å². The Morgan fingerprint density at radius 1 is 0.905 bits per heavy atom. The molecule has 1 aromatic heterocycles. The maximum Gasteiger partial charge on any atom is 0.355 e. The number of nitrogens with one attached hydrogen (secondary N) is 2. The number of hydrogen-bond acceptors (Lipinski definition) is 7. The first-order chi connectivity index (χ1) is 20.3. The fourth-order valence-corrected chi connectivity index (χ4v) is 5.64. The summed E-state index contributed by atoms with van der Waals surface area (Å²) in [6, 6.07) is 25.6. The van der Waals surface area contributed by atoms with Crippen LogP contribution in [0, 0.1) is 0 Å². The molecule has 0 saturated heterocycles. The first kappa shape index (κ1) is 29.0. The van der Waals surface area contributed by atoms with E-state index in [1.165, 1.54) is 17.6 Å². The number of nitrogens with zero attached hydrogens (tertiary/aromatic N) is 1. The van der Waals surface area contributed by atoms with Crippen molar-refractivity contribution in [2.75, 3.05) is 12.4 Å². The molecule has 5 rings (SSSR count). The van der Waals surface area contributed by atoms with Crippen molar-refractivity contribution in [2.45, 2.75) is 0 Å². The molecule has 0 unspecified atom stereocenters. The average Bonchev–Trinajstić information content (AvgIpc) is 3.35. The van der Waals surface area contributed by atoms with Crippen molar-refractivity contribution in [3.05, 3.63) is 122 Å². The molecule has 0 atom stereocenters. The zero-order valence-corrected chi connectivity index (χ0v) is 25.0. The standard InChI is InChI=1S/C31H21BrClN3O5S/c1-40-23-13-8-18(9-14-23)29(37)35-22-11-6-19(7-12-22)30(38)36-34-17-20-16-21(32)10-15-25(20)41-31(39)28-27(33)24-4-2-3-5-26(24)42-28/h2-17H,1H3,(H,35,37)(H,36,38)/b34-17-. The highest BCUT2D eigenvalue weighted by Gasteiger charge is 2.20. The Bertz CT molecular complexity index is 1820. The number of esters is 1. The third-order valence-electron chi connectivity index (χ3n) is 6.02. The van der Waals surface area contributed by atoms with E-state index in [0.717, 1.165) is 14.6 Å². The molecule has 0 aliphatic heterocycles. The van der Waals surface area contributed by atoms with Gasteiger partial charge >= 0.3 is 5.97 Å². The van der Waals surface area contributed by atoms with Gasteiger partial charge in [0, 0.05) is 36.9 Å². The van der Waals surface area contributed by atoms with E-state index in [4.69, 9.17) is 21.1 Å². The summed E-state index contributed by atoms with van der Waals surface area (Å²) in [7, 11) is 1.55. The third-order valence-corrected chi connectivity index (χ3v) is 8.17. The quantitative estimate of drug-likeness (QED) is 0.0772. The molecule has 0 bridgehead atoms. The van der Waals surface area contributed by atoms with Gasteiger partial charge in [0.2, 0.25) is 0 Å². The predicted molar refractivity (Wildman–Crippen MR) is 168 cm³/mol. The monoisotopic (exact) mass is 661 g/mol. The molecule has 2 amide bonds. The highest BCUT2D eigenvalue weighted by atomic mass is 79.9. The molecule has 42 heavy (non-hydrogen) atoms. The van der Waals surface area contributed by atoms with Crippen LogP contribution < -0.4 is 20.2 Å². The van der Waals surface area contributed by atoms with Crippen molar-refractivity contribution in [1.29, 1.82) is 0 Å². The predicted octanol–water partition coefficient (Wildman–Crippen LogP) is 7.56. The molecule has 1 heterocycles. The van der Waals surface area contributed by atoms with Gasteiger partial charge in [0.15, 0.2) is 0 Å². The van der Waals surface area contributed by atoms with Crippen LogP contribution >= 0.6 is 38.9 Å². The second kappa shape index (κ2) is 13.0. The number of hydrazone groups is 1. The Kier molecular flexibility index (Phi) is 8.97. The number of hydrogen-bond donors (Lipinski definition) is 2. The van der Waals surface area contributed by atoms with E-state index in [2.05, 4.69) is 31.8 Å². The second-order valence-corrected chi connectivity index (χ2v) is 11.1. The summed E-state index contributed by atoms with van der Waals surface area (Å²) in [4.78, 5) is 38.4. The lowest BCUT2D eigenvalue weighted by molar-refractivity contribution is 0.0739. The van der Waals surface area contributed by atoms with Gasteiger partial charge in [0.25, 0.3) is 11.8 Å². The Labute approximate surface area is 258 Å². The van der Waals surface area contributed by atoms with Crippen molar-refractivity contribution < 1.29 is 23.9 Å². The van der Waals surface area contributed by atoms with Gasteiger partial charge < -0.3 is 14.8 Å². The third kappa shape index (κ3) is 6.68. The number of carbonyl (C=O) groups is 3. The van der Waals surface area contributed by atoms with Crippen molar-refractivity contribution in [2.24, 2.45) is 5.10 Å². The van der Waals surface area contributed by atoms with Gasteiger partial charge in [-0.3, -0.25) is 9.59 Å². The van der Waals surface area contributed by atoms with Crippen molar-refractivity contribution in [3.63, 3.8) is 0 Å². The molecule has 0 fully saturated rings. The molecule has 2 N–H and O–H groups in total. The maximum atomic E-state index is 13.0. The van der Waals surface area contributed by atoms with Crippen molar-refractivity contribution in [3.8, 4) is 11.5 Å². The van der Waals surface area contributed by atoms with E-state index in [-0.39, 0.29) is 11.7 Å². The summed E-state index contributed by atoms with van der Waals surface area (Å²) in [6.45, 7) is 0. The average molecular weight is 663 g/mol. The largest absolute Gasteiger partial charge is 0.497 e. The molecule has 11 heteroatoms. The molecule has 0 aliphatic carbocycles.